The summed E-state index contributed by atoms with van der Waals surface area (Å²) in [6.07, 6.45) is 1.11. The minimum Gasteiger partial charge on any atom is -0.481 e. The van der Waals surface area contributed by atoms with Gasteiger partial charge in [-0.3, -0.25) is 19.7 Å². The Hall–Kier alpha value is -2.44. The van der Waals surface area contributed by atoms with E-state index in [1.54, 1.807) is 13.8 Å². The third-order valence-electron chi connectivity index (χ3n) is 4.16. The topological polar surface area (TPSA) is 101 Å². The second-order valence-electron chi connectivity index (χ2n) is 5.95. The van der Waals surface area contributed by atoms with E-state index in [-0.39, 0.29) is 23.7 Å². The zero-order valence-corrected chi connectivity index (χ0v) is 12.5. The van der Waals surface area contributed by atoms with E-state index < -0.39 is 16.3 Å². The standard InChI is InChI=1S/C15H18N2O5/c1-10-4-5-11(17(21)22)8-12(10)13(18)16-7-3-6-15(2,9-16)14(19)20/h4-5,8H,3,6-7,9H2,1-2H3,(H,19,20). The molecule has 1 heterocycles. The molecular formula is C15H18N2O5. The van der Waals surface area contributed by atoms with Crippen LogP contribution in [0, 0.1) is 22.5 Å². The van der Waals surface area contributed by atoms with Crippen molar-refractivity contribution in [2.45, 2.75) is 26.7 Å². The lowest BCUT2D eigenvalue weighted by molar-refractivity contribution is -0.384. The molecule has 2 rings (SSSR count). The van der Waals surface area contributed by atoms with Gasteiger partial charge in [0.15, 0.2) is 0 Å². The number of carbonyl (C=O) groups is 2. The van der Waals surface area contributed by atoms with E-state index in [0.717, 1.165) is 0 Å². The molecule has 1 saturated heterocycles. The fraction of sp³-hybridized carbons (Fsp3) is 0.467. The minimum atomic E-state index is -0.970. The number of non-ortho nitro benzene ring substituents is 1. The van der Waals surface area contributed by atoms with Gasteiger partial charge in [0.25, 0.3) is 11.6 Å². The Bertz CT molecular complexity index is 643. The number of carboxylic acid groups (broad SMARTS) is 1. The number of amides is 1. The summed E-state index contributed by atoms with van der Waals surface area (Å²) >= 11 is 0. The van der Waals surface area contributed by atoms with E-state index in [0.29, 0.717) is 24.9 Å². The first kappa shape index (κ1) is 15.9. The smallest absolute Gasteiger partial charge is 0.311 e. The quantitative estimate of drug-likeness (QED) is 0.681. The maximum atomic E-state index is 12.6. The number of carbonyl (C=O) groups excluding carboxylic acids is 1. The SMILES string of the molecule is Cc1ccc([N+](=O)[O-])cc1C(=O)N1CCCC(C)(C(=O)O)C1. The van der Waals surface area contributed by atoms with Crippen molar-refractivity contribution in [3.8, 4) is 0 Å². The van der Waals surface area contributed by atoms with Gasteiger partial charge in [0.2, 0.25) is 0 Å². The van der Waals surface area contributed by atoms with Gasteiger partial charge in [-0.25, -0.2) is 0 Å². The summed E-state index contributed by atoms with van der Waals surface area (Å²) < 4.78 is 0. The summed E-state index contributed by atoms with van der Waals surface area (Å²) in [7, 11) is 0. The number of nitro benzene ring substituents is 1. The molecule has 1 aliphatic rings. The van der Waals surface area contributed by atoms with Crippen LogP contribution in [0.2, 0.25) is 0 Å². The molecular weight excluding hydrogens is 288 g/mol. The van der Waals surface area contributed by atoms with E-state index in [4.69, 9.17) is 0 Å². The molecule has 0 spiro atoms. The summed E-state index contributed by atoms with van der Waals surface area (Å²) in [5.41, 5.74) is -0.225. The molecule has 7 nitrogen and oxygen atoms in total. The zero-order valence-electron chi connectivity index (χ0n) is 12.5. The Morgan fingerprint density at radius 2 is 2.09 bits per heavy atom. The zero-order chi connectivity index (χ0) is 16.5. The van der Waals surface area contributed by atoms with Gasteiger partial charge in [-0.2, -0.15) is 0 Å². The number of aryl methyl sites for hydroxylation is 1. The summed E-state index contributed by atoms with van der Waals surface area (Å²) in [6.45, 7) is 3.90. The monoisotopic (exact) mass is 306 g/mol. The number of rotatable bonds is 3. The lowest BCUT2D eigenvalue weighted by atomic mass is 9.82. The van der Waals surface area contributed by atoms with Crippen LogP contribution in [0.15, 0.2) is 18.2 Å². The Labute approximate surface area is 127 Å². The van der Waals surface area contributed by atoms with Crippen molar-refractivity contribution in [2.24, 2.45) is 5.41 Å². The molecule has 0 aromatic heterocycles. The number of hydrogen-bond acceptors (Lipinski definition) is 4. The first-order valence-corrected chi connectivity index (χ1v) is 7.02. The molecule has 0 bridgehead atoms. The average molecular weight is 306 g/mol. The number of benzene rings is 1. The highest BCUT2D eigenvalue weighted by atomic mass is 16.6. The first-order chi connectivity index (χ1) is 10.2. The largest absolute Gasteiger partial charge is 0.481 e. The Morgan fingerprint density at radius 3 is 2.68 bits per heavy atom. The van der Waals surface area contributed by atoms with Gasteiger partial charge in [0, 0.05) is 30.8 Å². The van der Waals surface area contributed by atoms with Crippen LogP contribution < -0.4 is 0 Å². The molecule has 7 heteroatoms. The molecule has 1 fully saturated rings. The average Bonchev–Trinajstić information content (AvgIpc) is 2.46. The molecule has 0 radical (unpaired) electrons. The lowest BCUT2D eigenvalue weighted by Crippen LogP contribution is -2.48. The fourth-order valence-electron chi connectivity index (χ4n) is 2.71. The number of carboxylic acids is 1. The fourth-order valence-corrected chi connectivity index (χ4v) is 2.71. The third kappa shape index (κ3) is 2.93. The van der Waals surface area contributed by atoms with Crippen LogP contribution in [-0.4, -0.2) is 39.9 Å². The maximum absolute atomic E-state index is 12.6. The van der Waals surface area contributed by atoms with Crippen LogP contribution in [0.5, 0.6) is 0 Å². The number of hydrogen-bond donors (Lipinski definition) is 1. The summed E-state index contributed by atoms with van der Waals surface area (Å²) in [5.74, 6) is -1.28. The van der Waals surface area contributed by atoms with Gasteiger partial charge in [-0.05, 0) is 32.3 Å². The number of likely N-dealkylation sites (tertiary alicyclic amines) is 1. The normalized spacial score (nSPS) is 21.5. The molecule has 1 aromatic rings. The van der Waals surface area contributed by atoms with Crippen LogP contribution in [0.25, 0.3) is 0 Å². The maximum Gasteiger partial charge on any atom is 0.311 e. The van der Waals surface area contributed by atoms with Crippen LogP contribution in [0.3, 0.4) is 0 Å². The molecule has 0 aliphatic carbocycles. The molecule has 1 atom stereocenters. The summed E-state index contributed by atoms with van der Waals surface area (Å²) in [4.78, 5) is 35.8. The van der Waals surface area contributed by atoms with E-state index in [1.165, 1.54) is 23.1 Å². The van der Waals surface area contributed by atoms with Gasteiger partial charge >= 0.3 is 5.97 Å². The molecule has 1 unspecified atom stereocenters. The van der Waals surface area contributed by atoms with E-state index in [9.17, 15) is 24.8 Å². The molecule has 1 aliphatic heterocycles. The molecule has 0 saturated carbocycles. The number of aliphatic carboxylic acids is 1. The first-order valence-electron chi connectivity index (χ1n) is 7.02. The van der Waals surface area contributed by atoms with Gasteiger partial charge in [0.1, 0.15) is 0 Å². The van der Waals surface area contributed by atoms with Gasteiger partial charge in [-0.15, -0.1) is 0 Å². The second-order valence-corrected chi connectivity index (χ2v) is 5.95. The highest BCUT2D eigenvalue weighted by molar-refractivity contribution is 5.96. The van der Waals surface area contributed by atoms with Crippen molar-refractivity contribution in [3.05, 3.63) is 39.4 Å². The van der Waals surface area contributed by atoms with Crippen molar-refractivity contribution in [1.29, 1.82) is 0 Å². The van der Waals surface area contributed by atoms with Crippen molar-refractivity contribution < 1.29 is 19.6 Å². The summed E-state index contributed by atoms with van der Waals surface area (Å²) in [5, 5.41) is 20.2. The van der Waals surface area contributed by atoms with Crippen LogP contribution in [0.4, 0.5) is 5.69 Å². The highest BCUT2D eigenvalue weighted by Gasteiger charge is 2.39. The summed E-state index contributed by atoms with van der Waals surface area (Å²) in [6, 6.07) is 4.14. The number of piperidine rings is 1. The predicted octanol–water partition coefficient (Wildman–Crippen LogP) is 2.23. The van der Waals surface area contributed by atoms with Crippen molar-refractivity contribution >= 4 is 17.6 Å². The lowest BCUT2D eigenvalue weighted by Gasteiger charge is -2.37. The van der Waals surface area contributed by atoms with Crippen LogP contribution >= 0.6 is 0 Å². The van der Waals surface area contributed by atoms with E-state index in [2.05, 4.69) is 0 Å². The molecule has 1 aromatic carbocycles. The molecule has 1 N–H and O–H groups in total. The van der Waals surface area contributed by atoms with Crippen LogP contribution in [-0.2, 0) is 4.79 Å². The molecule has 22 heavy (non-hydrogen) atoms. The van der Waals surface area contributed by atoms with Gasteiger partial charge in [0.05, 0.1) is 10.3 Å². The third-order valence-corrected chi connectivity index (χ3v) is 4.16. The number of nitrogens with zero attached hydrogens (tertiary/aromatic N) is 2. The Kier molecular flexibility index (Phi) is 4.16. The molecule has 1 amide bonds. The van der Waals surface area contributed by atoms with E-state index in [1.807, 2.05) is 0 Å². The minimum absolute atomic E-state index is 0.114. The van der Waals surface area contributed by atoms with Gasteiger partial charge < -0.3 is 10.0 Å². The highest BCUT2D eigenvalue weighted by Crippen LogP contribution is 2.31. The number of nitro groups is 1. The van der Waals surface area contributed by atoms with E-state index >= 15 is 0 Å². The molecule has 118 valence electrons. The Morgan fingerprint density at radius 1 is 1.41 bits per heavy atom. The van der Waals surface area contributed by atoms with Crippen molar-refractivity contribution in [1.82, 2.24) is 4.90 Å². The van der Waals surface area contributed by atoms with Crippen molar-refractivity contribution in [3.63, 3.8) is 0 Å². The van der Waals surface area contributed by atoms with Crippen LogP contribution in [0.1, 0.15) is 35.7 Å². The predicted molar refractivity (Wildman–Crippen MR) is 78.7 cm³/mol. The second kappa shape index (κ2) is 5.75. The Balaban J connectivity index is 2.30. The van der Waals surface area contributed by atoms with Gasteiger partial charge in [-0.1, -0.05) is 6.07 Å². The van der Waals surface area contributed by atoms with Crippen molar-refractivity contribution in [2.75, 3.05) is 13.1 Å².